The minimum atomic E-state index is -1.30. The Kier molecular flexibility index (Phi) is 5.11. The lowest BCUT2D eigenvalue weighted by Gasteiger charge is -2.12. The predicted octanol–water partition coefficient (Wildman–Crippen LogP) is 1.78. The van der Waals surface area contributed by atoms with Crippen molar-refractivity contribution in [1.82, 2.24) is 0 Å². The molecule has 1 rings (SSSR count). The minimum Gasteiger partial charge on any atom is -0.477 e. The van der Waals surface area contributed by atoms with Crippen molar-refractivity contribution in [3.8, 4) is 0 Å². The zero-order chi connectivity index (χ0) is 14.4. The average Bonchev–Trinajstić information content (AvgIpc) is 2.36. The first-order valence-corrected chi connectivity index (χ1v) is 5.85. The predicted molar refractivity (Wildman–Crippen MR) is 73.0 cm³/mol. The van der Waals surface area contributed by atoms with Gasteiger partial charge in [-0.3, -0.25) is 0 Å². The van der Waals surface area contributed by atoms with E-state index in [0.29, 0.717) is 5.56 Å². The number of anilines is 1. The molecule has 102 valence electrons. The Hall–Kier alpha value is -2.30. The quantitative estimate of drug-likeness (QED) is 0.379. The van der Waals surface area contributed by atoms with E-state index in [2.05, 4.69) is 0 Å². The number of benzene rings is 1. The van der Waals surface area contributed by atoms with E-state index >= 15 is 0 Å². The van der Waals surface area contributed by atoms with Crippen LogP contribution in [-0.2, 0) is 14.3 Å². The molecule has 1 N–H and O–H groups in total. The topological polar surface area (TPSA) is 66.8 Å². The van der Waals surface area contributed by atoms with Gasteiger partial charge in [0.2, 0.25) is 0 Å². The minimum absolute atomic E-state index is 0.142. The van der Waals surface area contributed by atoms with Crippen molar-refractivity contribution in [1.29, 1.82) is 0 Å². The van der Waals surface area contributed by atoms with Crippen LogP contribution in [0.1, 0.15) is 12.5 Å². The molecule has 0 fully saturated rings. The summed E-state index contributed by atoms with van der Waals surface area (Å²) in [5, 5.41) is 9.00. The van der Waals surface area contributed by atoms with E-state index in [1.54, 1.807) is 19.1 Å². The summed E-state index contributed by atoms with van der Waals surface area (Å²) in [6, 6.07) is 7.18. The fraction of sp³-hybridized carbons (Fsp3) is 0.286. The molecular formula is C14H17NO4. The third-order valence-corrected chi connectivity index (χ3v) is 2.45. The molecule has 5 nitrogen and oxygen atoms in total. The van der Waals surface area contributed by atoms with Gasteiger partial charge in [-0.05, 0) is 30.7 Å². The van der Waals surface area contributed by atoms with E-state index in [0.717, 1.165) is 5.69 Å². The molecule has 0 bridgehead atoms. The number of hydrogen-bond acceptors (Lipinski definition) is 4. The van der Waals surface area contributed by atoms with Gasteiger partial charge >= 0.3 is 11.9 Å². The van der Waals surface area contributed by atoms with Gasteiger partial charge in [0, 0.05) is 19.8 Å². The standard InChI is InChI=1S/C14H17NO4/c1-4-19-14(18)12(13(16)17)9-10-5-7-11(8-6-10)15(2)3/h5-9H,4H2,1-3H3,(H,16,17)/b12-9-. The van der Waals surface area contributed by atoms with Crippen LogP contribution in [0.4, 0.5) is 5.69 Å². The number of hydrogen-bond donors (Lipinski definition) is 1. The van der Waals surface area contributed by atoms with Gasteiger partial charge in [0.15, 0.2) is 0 Å². The number of esters is 1. The molecule has 0 aliphatic rings. The Bertz CT molecular complexity index is 489. The molecule has 1 aromatic carbocycles. The lowest BCUT2D eigenvalue weighted by molar-refractivity contribution is -0.143. The number of carboxylic acids is 1. The maximum atomic E-state index is 11.5. The molecule has 0 saturated heterocycles. The van der Waals surface area contributed by atoms with Crippen molar-refractivity contribution in [2.75, 3.05) is 25.6 Å². The van der Waals surface area contributed by atoms with Gasteiger partial charge < -0.3 is 14.7 Å². The van der Waals surface area contributed by atoms with Crippen molar-refractivity contribution in [2.45, 2.75) is 6.92 Å². The zero-order valence-corrected chi connectivity index (χ0v) is 11.2. The van der Waals surface area contributed by atoms with Crippen molar-refractivity contribution >= 4 is 23.7 Å². The molecule has 19 heavy (non-hydrogen) atoms. The maximum absolute atomic E-state index is 11.5. The number of carboxylic acid groups (broad SMARTS) is 1. The third-order valence-electron chi connectivity index (χ3n) is 2.45. The van der Waals surface area contributed by atoms with E-state index < -0.39 is 11.9 Å². The molecule has 0 aliphatic carbocycles. The van der Waals surface area contributed by atoms with Crippen molar-refractivity contribution in [3.63, 3.8) is 0 Å². The van der Waals surface area contributed by atoms with E-state index in [9.17, 15) is 9.59 Å². The Balaban J connectivity index is 3.02. The number of carbonyl (C=O) groups is 2. The maximum Gasteiger partial charge on any atom is 0.345 e. The highest BCUT2D eigenvalue weighted by Gasteiger charge is 2.18. The fourth-order valence-electron chi connectivity index (χ4n) is 1.45. The number of ether oxygens (including phenoxy) is 1. The normalized spacial score (nSPS) is 11.0. The second-order valence-electron chi connectivity index (χ2n) is 4.07. The summed E-state index contributed by atoms with van der Waals surface area (Å²) in [4.78, 5) is 24.4. The fourth-order valence-corrected chi connectivity index (χ4v) is 1.45. The van der Waals surface area contributed by atoms with Gasteiger partial charge in [0.1, 0.15) is 5.57 Å². The number of nitrogens with zero attached hydrogens (tertiary/aromatic N) is 1. The Morgan fingerprint density at radius 2 is 1.84 bits per heavy atom. The average molecular weight is 263 g/mol. The molecule has 0 radical (unpaired) electrons. The van der Waals surface area contributed by atoms with Crippen molar-refractivity contribution in [2.24, 2.45) is 0 Å². The van der Waals surface area contributed by atoms with Crippen LogP contribution < -0.4 is 4.90 Å². The highest BCUT2D eigenvalue weighted by Crippen LogP contribution is 2.15. The molecule has 0 aliphatic heterocycles. The molecule has 0 heterocycles. The van der Waals surface area contributed by atoms with Gasteiger partial charge in [-0.2, -0.15) is 0 Å². The molecule has 0 atom stereocenters. The Morgan fingerprint density at radius 1 is 1.26 bits per heavy atom. The van der Waals surface area contributed by atoms with Gasteiger partial charge in [0.05, 0.1) is 6.61 Å². The molecule has 0 saturated carbocycles. The third kappa shape index (κ3) is 4.13. The summed E-state index contributed by atoms with van der Waals surface area (Å²) in [7, 11) is 3.82. The highest BCUT2D eigenvalue weighted by molar-refractivity contribution is 6.17. The summed E-state index contributed by atoms with van der Waals surface area (Å²) in [6.45, 7) is 1.77. The molecule has 0 spiro atoms. The van der Waals surface area contributed by atoms with Crippen molar-refractivity contribution < 1.29 is 19.4 Å². The van der Waals surface area contributed by atoms with Crippen LogP contribution in [0.3, 0.4) is 0 Å². The van der Waals surface area contributed by atoms with Gasteiger partial charge in [-0.15, -0.1) is 0 Å². The number of carbonyl (C=O) groups excluding carboxylic acids is 1. The summed E-state index contributed by atoms with van der Waals surface area (Å²) >= 11 is 0. The lowest BCUT2D eigenvalue weighted by Crippen LogP contribution is -2.15. The molecule has 5 heteroatoms. The first-order valence-electron chi connectivity index (χ1n) is 5.85. The van der Waals surface area contributed by atoms with Gasteiger partial charge in [0.25, 0.3) is 0 Å². The van der Waals surface area contributed by atoms with Crippen LogP contribution in [0.5, 0.6) is 0 Å². The smallest absolute Gasteiger partial charge is 0.345 e. The Morgan fingerprint density at radius 3 is 2.26 bits per heavy atom. The SMILES string of the molecule is CCOC(=O)/C(=C\c1ccc(N(C)C)cc1)C(=O)O. The summed E-state index contributed by atoms with van der Waals surface area (Å²) in [5.41, 5.74) is 1.25. The second kappa shape index (κ2) is 6.58. The Labute approximate surface area is 112 Å². The van der Waals surface area contributed by atoms with Crippen LogP contribution >= 0.6 is 0 Å². The van der Waals surface area contributed by atoms with Crippen LogP contribution in [0, 0.1) is 0 Å². The van der Waals surface area contributed by atoms with E-state index in [-0.39, 0.29) is 12.2 Å². The van der Waals surface area contributed by atoms with E-state index in [4.69, 9.17) is 9.84 Å². The van der Waals surface area contributed by atoms with Crippen LogP contribution in [0.15, 0.2) is 29.8 Å². The second-order valence-corrected chi connectivity index (χ2v) is 4.07. The molecule has 0 unspecified atom stereocenters. The highest BCUT2D eigenvalue weighted by atomic mass is 16.5. The first-order chi connectivity index (χ1) is 8.95. The van der Waals surface area contributed by atoms with Crippen molar-refractivity contribution in [3.05, 3.63) is 35.4 Å². The number of aliphatic carboxylic acids is 1. The molecular weight excluding hydrogens is 246 g/mol. The van der Waals surface area contributed by atoms with E-state index in [1.807, 2.05) is 31.1 Å². The lowest BCUT2D eigenvalue weighted by atomic mass is 10.1. The molecule has 0 amide bonds. The van der Waals surface area contributed by atoms with E-state index in [1.165, 1.54) is 6.08 Å². The van der Waals surface area contributed by atoms with Gasteiger partial charge in [-0.1, -0.05) is 12.1 Å². The largest absolute Gasteiger partial charge is 0.477 e. The zero-order valence-electron chi connectivity index (χ0n) is 11.2. The van der Waals surface area contributed by atoms with Crippen LogP contribution in [-0.4, -0.2) is 37.7 Å². The molecule has 1 aromatic rings. The monoisotopic (exact) mass is 263 g/mol. The summed E-state index contributed by atoms with van der Waals surface area (Å²) in [5.74, 6) is -2.12. The number of rotatable bonds is 5. The van der Waals surface area contributed by atoms with Gasteiger partial charge in [-0.25, -0.2) is 9.59 Å². The summed E-state index contributed by atoms with van der Waals surface area (Å²) < 4.78 is 4.70. The molecule has 0 aromatic heterocycles. The van der Waals surface area contributed by atoms with Crippen LogP contribution in [0.25, 0.3) is 6.08 Å². The van der Waals surface area contributed by atoms with Crippen LogP contribution in [0.2, 0.25) is 0 Å². The summed E-state index contributed by atoms with van der Waals surface area (Å²) in [6.07, 6.45) is 1.31. The first kappa shape index (κ1) is 14.8.